The van der Waals surface area contributed by atoms with Gasteiger partial charge in [0.2, 0.25) is 5.91 Å². The van der Waals surface area contributed by atoms with E-state index in [1.54, 1.807) is 11.5 Å². The van der Waals surface area contributed by atoms with Gasteiger partial charge in [0, 0.05) is 18.0 Å². The molecule has 1 atom stereocenters. The maximum atomic E-state index is 13.0. The molecule has 25 heavy (non-hydrogen) atoms. The number of rotatable bonds is 4. The second-order valence-corrected chi connectivity index (χ2v) is 8.47. The molecule has 0 bridgehead atoms. The molecule has 2 aromatic heterocycles. The quantitative estimate of drug-likeness (QED) is 0.626. The van der Waals surface area contributed by atoms with Gasteiger partial charge in [0.25, 0.3) is 5.56 Å². The lowest BCUT2D eigenvalue weighted by Crippen LogP contribution is -2.41. The van der Waals surface area contributed by atoms with Crippen molar-refractivity contribution < 1.29 is 9.59 Å². The summed E-state index contributed by atoms with van der Waals surface area (Å²) in [6, 6.07) is -0.660. The van der Waals surface area contributed by atoms with Gasteiger partial charge >= 0.3 is 6.03 Å². The van der Waals surface area contributed by atoms with Crippen molar-refractivity contribution in [2.45, 2.75) is 51.1 Å². The van der Waals surface area contributed by atoms with Gasteiger partial charge in [-0.1, -0.05) is 11.8 Å². The van der Waals surface area contributed by atoms with Crippen molar-refractivity contribution in [3.8, 4) is 0 Å². The Kier molecular flexibility index (Phi) is 5.89. The Bertz CT molecular complexity index is 886. The molecule has 0 aromatic carbocycles. The van der Waals surface area contributed by atoms with E-state index in [1.165, 1.54) is 30.1 Å². The molecule has 0 aliphatic carbocycles. The number of nitrogens with zero attached hydrogens (tertiary/aromatic N) is 2. The van der Waals surface area contributed by atoms with Crippen molar-refractivity contribution in [2.24, 2.45) is 0 Å². The molecule has 0 spiro atoms. The molecular weight excluding hydrogens is 360 g/mol. The van der Waals surface area contributed by atoms with Crippen LogP contribution in [0.15, 0.2) is 9.95 Å². The van der Waals surface area contributed by atoms with E-state index in [2.05, 4.69) is 15.6 Å². The van der Waals surface area contributed by atoms with Gasteiger partial charge in [0.1, 0.15) is 4.83 Å². The molecule has 2 heterocycles. The highest BCUT2D eigenvalue weighted by Gasteiger charge is 2.23. The van der Waals surface area contributed by atoms with Gasteiger partial charge in [0.05, 0.1) is 10.6 Å². The molecule has 0 saturated heterocycles. The zero-order chi connectivity index (χ0) is 18.9. The molecule has 0 unspecified atom stereocenters. The third-order valence-corrected chi connectivity index (χ3v) is 6.00. The summed E-state index contributed by atoms with van der Waals surface area (Å²) in [5, 5.41) is 5.12. The van der Waals surface area contributed by atoms with Gasteiger partial charge < -0.3 is 5.32 Å². The van der Waals surface area contributed by atoms with E-state index in [1.807, 2.05) is 27.7 Å². The lowest BCUT2D eigenvalue weighted by Gasteiger charge is -2.17. The van der Waals surface area contributed by atoms with Crippen molar-refractivity contribution in [3.63, 3.8) is 0 Å². The van der Waals surface area contributed by atoms with Gasteiger partial charge in [-0.05, 0) is 40.2 Å². The summed E-state index contributed by atoms with van der Waals surface area (Å²) < 4.78 is 1.61. The number of fused-ring (bicyclic) bond motifs is 1. The maximum Gasteiger partial charge on any atom is 0.321 e. The molecule has 0 aliphatic heterocycles. The first-order valence-corrected chi connectivity index (χ1v) is 9.58. The summed E-state index contributed by atoms with van der Waals surface area (Å²) in [6.45, 7) is 9.38. The number of aromatic nitrogens is 2. The Balaban J connectivity index is 2.47. The Morgan fingerprint density at radius 3 is 2.44 bits per heavy atom. The number of thiophene rings is 1. The average Bonchev–Trinajstić information content (AvgIpc) is 2.81. The number of hydrogen-bond donors (Lipinski definition) is 2. The minimum atomic E-state index is -0.575. The van der Waals surface area contributed by atoms with E-state index in [4.69, 9.17) is 0 Å². The lowest BCUT2D eigenvalue weighted by atomic mass is 10.2. The van der Waals surface area contributed by atoms with Crippen molar-refractivity contribution in [1.82, 2.24) is 20.2 Å². The van der Waals surface area contributed by atoms with Gasteiger partial charge in [-0.3, -0.25) is 19.5 Å². The summed E-state index contributed by atoms with van der Waals surface area (Å²) in [5.74, 6) is -0.437. The molecule has 2 N–H and O–H groups in total. The van der Waals surface area contributed by atoms with Gasteiger partial charge in [-0.15, -0.1) is 11.3 Å². The van der Waals surface area contributed by atoms with Crippen LogP contribution in [-0.2, 0) is 4.79 Å². The number of amides is 3. The largest absolute Gasteiger partial charge is 0.341 e. The summed E-state index contributed by atoms with van der Waals surface area (Å²) in [5.41, 5.74) is 0.858. The fourth-order valence-corrected chi connectivity index (χ4v) is 4.42. The van der Waals surface area contributed by atoms with E-state index >= 15 is 0 Å². The van der Waals surface area contributed by atoms with Crippen LogP contribution in [0.2, 0.25) is 0 Å². The molecule has 0 saturated carbocycles. The topological polar surface area (TPSA) is 93.1 Å². The Labute approximate surface area is 154 Å². The van der Waals surface area contributed by atoms with E-state index in [9.17, 15) is 14.4 Å². The predicted molar refractivity (Wildman–Crippen MR) is 102 cm³/mol. The number of carbonyl (C=O) groups is 2. The van der Waals surface area contributed by atoms with E-state index in [0.29, 0.717) is 15.4 Å². The first-order valence-electron chi connectivity index (χ1n) is 7.88. The predicted octanol–water partition coefficient (Wildman–Crippen LogP) is 2.59. The third kappa shape index (κ3) is 3.87. The SMILES string of the molecule is CNC(=O)NC(=O)[C@@H](C)Sc1nc2sc(C)c(C)c2c(=O)n1C(C)C. The molecule has 7 nitrogen and oxygen atoms in total. The summed E-state index contributed by atoms with van der Waals surface area (Å²) in [6.07, 6.45) is 0. The zero-order valence-corrected chi connectivity index (χ0v) is 16.7. The smallest absolute Gasteiger partial charge is 0.321 e. The van der Waals surface area contributed by atoms with E-state index < -0.39 is 17.2 Å². The minimum Gasteiger partial charge on any atom is -0.341 e. The highest BCUT2D eigenvalue weighted by Crippen LogP contribution is 2.30. The molecule has 9 heteroatoms. The van der Waals surface area contributed by atoms with Crippen LogP contribution in [-0.4, -0.2) is 33.8 Å². The third-order valence-electron chi connectivity index (χ3n) is 3.83. The molecule has 0 aliphatic rings. The van der Waals surface area contributed by atoms with Gasteiger partial charge in [-0.25, -0.2) is 9.78 Å². The zero-order valence-electron chi connectivity index (χ0n) is 15.1. The molecule has 2 rings (SSSR count). The van der Waals surface area contributed by atoms with Crippen molar-refractivity contribution in [1.29, 1.82) is 0 Å². The molecule has 0 fully saturated rings. The van der Waals surface area contributed by atoms with Crippen LogP contribution >= 0.6 is 23.1 Å². The van der Waals surface area contributed by atoms with Crippen LogP contribution in [0.4, 0.5) is 4.79 Å². The summed E-state index contributed by atoms with van der Waals surface area (Å²) in [4.78, 5) is 42.7. The van der Waals surface area contributed by atoms with Crippen LogP contribution < -0.4 is 16.2 Å². The van der Waals surface area contributed by atoms with Crippen LogP contribution in [0.3, 0.4) is 0 Å². The first-order chi connectivity index (χ1) is 11.7. The highest BCUT2D eigenvalue weighted by atomic mass is 32.2. The standard InChI is InChI=1S/C16H22N4O3S2/c1-7(2)20-14(22)11-8(3)9(4)24-13(11)19-16(20)25-10(5)12(21)18-15(23)17-6/h7,10H,1-6H3,(H2,17,18,21,23)/t10-/m1/s1. The van der Waals surface area contributed by atoms with Crippen LogP contribution in [0.5, 0.6) is 0 Å². The van der Waals surface area contributed by atoms with Crippen LogP contribution in [0, 0.1) is 13.8 Å². The van der Waals surface area contributed by atoms with Crippen molar-refractivity contribution in [3.05, 3.63) is 20.8 Å². The number of carbonyl (C=O) groups excluding carboxylic acids is 2. The van der Waals surface area contributed by atoms with E-state index in [0.717, 1.165) is 10.4 Å². The molecule has 3 amide bonds. The fraction of sp³-hybridized carbons (Fsp3) is 0.500. The number of aryl methyl sites for hydroxylation is 2. The number of nitrogens with one attached hydrogen (secondary N) is 2. The Morgan fingerprint density at radius 1 is 1.24 bits per heavy atom. The fourth-order valence-electron chi connectivity index (χ4n) is 2.31. The van der Waals surface area contributed by atoms with E-state index in [-0.39, 0.29) is 11.6 Å². The normalized spacial score (nSPS) is 12.4. The second-order valence-electron chi connectivity index (χ2n) is 5.96. The number of urea groups is 1. The Hall–Kier alpha value is -1.87. The Morgan fingerprint density at radius 2 is 1.88 bits per heavy atom. The van der Waals surface area contributed by atoms with Crippen LogP contribution in [0.1, 0.15) is 37.3 Å². The molecule has 0 radical (unpaired) electrons. The van der Waals surface area contributed by atoms with Crippen molar-refractivity contribution in [2.75, 3.05) is 7.05 Å². The lowest BCUT2D eigenvalue weighted by molar-refractivity contribution is -0.119. The average molecular weight is 383 g/mol. The van der Waals surface area contributed by atoms with Gasteiger partial charge in [-0.2, -0.15) is 0 Å². The monoisotopic (exact) mass is 382 g/mol. The number of imide groups is 1. The second kappa shape index (κ2) is 7.57. The summed E-state index contributed by atoms with van der Waals surface area (Å²) in [7, 11) is 1.44. The first kappa shape index (κ1) is 19.5. The molecule has 2 aromatic rings. The number of hydrogen-bond acceptors (Lipinski definition) is 6. The summed E-state index contributed by atoms with van der Waals surface area (Å²) >= 11 is 2.64. The highest BCUT2D eigenvalue weighted by molar-refractivity contribution is 8.00. The molecular formula is C16H22N4O3S2. The van der Waals surface area contributed by atoms with Crippen molar-refractivity contribution >= 4 is 45.3 Å². The molecule has 136 valence electrons. The van der Waals surface area contributed by atoms with Crippen LogP contribution in [0.25, 0.3) is 10.2 Å². The number of thioether (sulfide) groups is 1. The van der Waals surface area contributed by atoms with Gasteiger partial charge in [0.15, 0.2) is 5.16 Å². The minimum absolute atomic E-state index is 0.0942. The maximum absolute atomic E-state index is 13.0.